The van der Waals surface area contributed by atoms with Gasteiger partial charge in [-0.15, -0.1) is 0 Å². The van der Waals surface area contributed by atoms with E-state index in [1.807, 2.05) is 0 Å². The van der Waals surface area contributed by atoms with Crippen LogP contribution in [0.1, 0.15) is 37.3 Å². The lowest BCUT2D eigenvalue weighted by Gasteiger charge is -2.33. The van der Waals surface area contributed by atoms with Crippen LogP contribution in [0.5, 0.6) is 0 Å². The molecule has 5 nitrogen and oxygen atoms in total. The van der Waals surface area contributed by atoms with Gasteiger partial charge in [-0.1, -0.05) is 31.2 Å². The molecule has 1 aromatic rings. The van der Waals surface area contributed by atoms with E-state index in [1.54, 1.807) is 8.61 Å². The minimum absolute atomic E-state index is 0.597. The maximum absolute atomic E-state index is 13.0. The highest BCUT2D eigenvalue weighted by molar-refractivity contribution is 7.86. The summed E-state index contributed by atoms with van der Waals surface area (Å²) >= 11 is 0. The van der Waals surface area contributed by atoms with E-state index in [-0.39, 0.29) is 0 Å². The minimum Gasteiger partial charge on any atom is -0.298 e. The number of rotatable bonds is 4. The van der Waals surface area contributed by atoms with Gasteiger partial charge >= 0.3 is 0 Å². The average molecular weight is 366 g/mol. The van der Waals surface area contributed by atoms with Crippen molar-refractivity contribution in [2.45, 2.75) is 39.7 Å². The van der Waals surface area contributed by atoms with Gasteiger partial charge in [-0.2, -0.15) is 17.0 Å². The van der Waals surface area contributed by atoms with E-state index in [0.29, 0.717) is 32.1 Å². The topological polar surface area (TPSA) is 43.9 Å². The second-order valence-electron chi connectivity index (χ2n) is 7.54. The van der Waals surface area contributed by atoms with Crippen LogP contribution < -0.4 is 0 Å². The van der Waals surface area contributed by atoms with E-state index < -0.39 is 10.2 Å². The summed E-state index contributed by atoms with van der Waals surface area (Å²) in [4.78, 5) is 2.39. The minimum atomic E-state index is -3.30. The third kappa shape index (κ3) is 4.61. The molecular formula is C19H31N3O2S. The number of benzene rings is 1. The lowest BCUT2D eigenvalue weighted by molar-refractivity contribution is 0.257. The molecule has 25 heavy (non-hydrogen) atoms. The molecule has 0 aromatic heterocycles. The normalized spacial score (nSPS) is 22.8. The van der Waals surface area contributed by atoms with Crippen molar-refractivity contribution < 1.29 is 8.42 Å². The zero-order valence-electron chi connectivity index (χ0n) is 15.5. The third-order valence-electron chi connectivity index (χ3n) is 5.60. The maximum Gasteiger partial charge on any atom is 0.282 e. The molecule has 2 heterocycles. The number of hydrogen-bond donors (Lipinski definition) is 0. The van der Waals surface area contributed by atoms with Gasteiger partial charge in [0.15, 0.2) is 0 Å². The Bertz CT molecular complexity index is 669. The fourth-order valence-corrected chi connectivity index (χ4v) is 5.41. The van der Waals surface area contributed by atoms with Gasteiger partial charge in [0.1, 0.15) is 0 Å². The predicted molar refractivity (Wildman–Crippen MR) is 102 cm³/mol. The first-order valence-corrected chi connectivity index (χ1v) is 10.9. The van der Waals surface area contributed by atoms with Crippen LogP contribution in [0.2, 0.25) is 0 Å². The summed E-state index contributed by atoms with van der Waals surface area (Å²) in [7, 11) is -3.30. The standard InChI is InChI=1S/C19H31N3O2S/c1-17-8-12-22(13-9-17)25(23,24)21-11-5-10-20(14-15-21)16-19-7-4-3-6-18(19)2/h3-4,6-7,17H,5,8-16H2,1-2H3. The molecule has 0 N–H and O–H groups in total. The lowest BCUT2D eigenvalue weighted by Crippen LogP contribution is -2.48. The van der Waals surface area contributed by atoms with Crippen molar-refractivity contribution in [1.29, 1.82) is 0 Å². The summed E-state index contributed by atoms with van der Waals surface area (Å²) < 4.78 is 29.3. The molecule has 3 rings (SSSR count). The van der Waals surface area contributed by atoms with Crippen LogP contribution in [0, 0.1) is 12.8 Å². The van der Waals surface area contributed by atoms with Crippen LogP contribution in [-0.2, 0) is 16.8 Å². The molecule has 6 heteroatoms. The molecule has 140 valence electrons. The van der Waals surface area contributed by atoms with Crippen LogP contribution in [-0.4, -0.2) is 61.2 Å². The molecular weight excluding hydrogens is 334 g/mol. The average Bonchev–Trinajstić information content (AvgIpc) is 2.83. The molecule has 0 amide bonds. The Balaban J connectivity index is 1.60. The van der Waals surface area contributed by atoms with Crippen LogP contribution in [0.25, 0.3) is 0 Å². The van der Waals surface area contributed by atoms with Gasteiger partial charge in [0.05, 0.1) is 0 Å². The number of nitrogens with zero attached hydrogens (tertiary/aromatic N) is 3. The van der Waals surface area contributed by atoms with Gasteiger partial charge in [0, 0.05) is 39.3 Å². The molecule has 2 aliphatic rings. The first-order chi connectivity index (χ1) is 12.0. The van der Waals surface area contributed by atoms with E-state index in [2.05, 4.69) is 43.0 Å². The molecule has 0 spiro atoms. The van der Waals surface area contributed by atoms with Gasteiger partial charge < -0.3 is 0 Å². The fraction of sp³-hybridized carbons (Fsp3) is 0.684. The van der Waals surface area contributed by atoms with Crippen molar-refractivity contribution in [3.05, 3.63) is 35.4 Å². The van der Waals surface area contributed by atoms with Gasteiger partial charge in [0.25, 0.3) is 10.2 Å². The molecule has 0 bridgehead atoms. The molecule has 0 aliphatic carbocycles. The Morgan fingerprint density at radius 1 is 0.960 bits per heavy atom. The van der Waals surface area contributed by atoms with Gasteiger partial charge in [-0.3, -0.25) is 4.90 Å². The van der Waals surface area contributed by atoms with Crippen molar-refractivity contribution in [3.63, 3.8) is 0 Å². The van der Waals surface area contributed by atoms with Crippen molar-refractivity contribution in [3.8, 4) is 0 Å². The van der Waals surface area contributed by atoms with E-state index in [9.17, 15) is 8.42 Å². The van der Waals surface area contributed by atoms with Crippen LogP contribution in [0.3, 0.4) is 0 Å². The SMILES string of the molecule is Cc1ccccc1CN1CCCN(S(=O)(=O)N2CCC(C)CC2)CC1. The van der Waals surface area contributed by atoms with Crippen molar-refractivity contribution in [2.75, 3.05) is 39.3 Å². The lowest BCUT2D eigenvalue weighted by atomic mass is 10.0. The Morgan fingerprint density at radius 2 is 1.64 bits per heavy atom. The second kappa shape index (κ2) is 8.16. The van der Waals surface area contributed by atoms with Crippen molar-refractivity contribution in [1.82, 2.24) is 13.5 Å². The zero-order chi connectivity index (χ0) is 17.9. The van der Waals surface area contributed by atoms with Crippen molar-refractivity contribution >= 4 is 10.2 Å². The van der Waals surface area contributed by atoms with Crippen LogP contribution in [0.15, 0.2) is 24.3 Å². The number of hydrogen-bond acceptors (Lipinski definition) is 3. The summed E-state index contributed by atoms with van der Waals surface area (Å²) in [6, 6.07) is 8.45. The Morgan fingerprint density at radius 3 is 2.36 bits per heavy atom. The summed E-state index contributed by atoms with van der Waals surface area (Å²) in [5.41, 5.74) is 2.64. The number of aryl methyl sites for hydroxylation is 1. The quantitative estimate of drug-likeness (QED) is 0.823. The van der Waals surface area contributed by atoms with Crippen molar-refractivity contribution in [2.24, 2.45) is 5.92 Å². The second-order valence-corrected chi connectivity index (χ2v) is 9.47. The molecule has 2 aliphatic heterocycles. The highest BCUT2D eigenvalue weighted by Crippen LogP contribution is 2.22. The third-order valence-corrected chi connectivity index (χ3v) is 7.63. The van der Waals surface area contributed by atoms with Crippen LogP contribution in [0.4, 0.5) is 0 Å². The first-order valence-electron chi connectivity index (χ1n) is 9.49. The van der Waals surface area contributed by atoms with E-state index >= 15 is 0 Å². The van der Waals surface area contributed by atoms with E-state index in [1.165, 1.54) is 11.1 Å². The summed E-state index contributed by atoms with van der Waals surface area (Å²) in [5.74, 6) is 0.639. The Labute approximate surface area is 152 Å². The summed E-state index contributed by atoms with van der Waals surface area (Å²) in [6.07, 6.45) is 2.86. The number of piperidine rings is 1. The smallest absolute Gasteiger partial charge is 0.282 e. The van der Waals surface area contributed by atoms with Crippen LogP contribution >= 0.6 is 0 Å². The largest absolute Gasteiger partial charge is 0.298 e. The monoisotopic (exact) mass is 365 g/mol. The molecule has 1 aromatic carbocycles. The molecule has 2 fully saturated rings. The highest BCUT2D eigenvalue weighted by Gasteiger charge is 2.33. The Hall–Kier alpha value is -0.950. The molecule has 2 saturated heterocycles. The molecule has 0 saturated carbocycles. The Kier molecular flexibility index (Phi) is 6.15. The predicted octanol–water partition coefficient (Wildman–Crippen LogP) is 2.48. The fourth-order valence-electron chi connectivity index (χ4n) is 3.74. The highest BCUT2D eigenvalue weighted by atomic mass is 32.2. The van der Waals surface area contributed by atoms with Gasteiger partial charge in [-0.05, 0) is 49.8 Å². The van der Waals surface area contributed by atoms with E-state index in [0.717, 1.165) is 38.9 Å². The van der Waals surface area contributed by atoms with Gasteiger partial charge in [-0.25, -0.2) is 0 Å². The first kappa shape index (κ1) is 18.8. The van der Waals surface area contributed by atoms with Gasteiger partial charge in [0.2, 0.25) is 0 Å². The molecule has 0 atom stereocenters. The summed E-state index contributed by atoms with van der Waals surface area (Å²) in [5, 5.41) is 0. The van der Waals surface area contributed by atoms with E-state index in [4.69, 9.17) is 0 Å². The zero-order valence-corrected chi connectivity index (χ0v) is 16.3. The maximum atomic E-state index is 13.0. The summed E-state index contributed by atoms with van der Waals surface area (Å²) in [6.45, 7) is 9.59. The molecule has 0 unspecified atom stereocenters. The molecule has 0 radical (unpaired) electrons.